The van der Waals surface area contributed by atoms with Crippen molar-refractivity contribution in [1.82, 2.24) is 0 Å². The van der Waals surface area contributed by atoms with Gasteiger partial charge >= 0.3 is 0 Å². The molecule has 2 nitrogen and oxygen atoms in total. The van der Waals surface area contributed by atoms with E-state index in [1.54, 1.807) is 47.0 Å². The van der Waals surface area contributed by atoms with Crippen LogP contribution < -0.4 is 0 Å². The highest BCUT2D eigenvalue weighted by molar-refractivity contribution is 8.00. The van der Waals surface area contributed by atoms with Gasteiger partial charge in [-0.1, -0.05) is 236 Å². The van der Waals surface area contributed by atoms with Crippen LogP contribution in [-0.2, 0) is 5.41 Å². The predicted molar refractivity (Wildman–Crippen MR) is 354 cm³/mol. The first kappa shape index (κ1) is 59.2. The summed E-state index contributed by atoms with van der Waals surface area (Å²) >= 11 is 6.26. The van der Waals surface area contributed by atoms with Crippen LogP contribution in [0.2, 0.25) is 0 Å². The molecule has 0 bridgehead atoms. The van der Waals surface area contributed by atoms with Gasteiger partial charge in [-0.2, -0.15) is 0 Å². The molecule has 0 heterocycles. The van der Waals surface area contributed by atoms with Gasteiger partial charge in [0.2, 0.25) is 0 Å². The Morgan fingerprint density at radius 2 is 0.651 bits per heavy atom. The summed E-state index contributed by atoms with van der Waals surface area (Å²) in [6, 6.07) is 61.4. The molecule has 11 rings (SSSR count). The van der Waals surface area contributed by atoms with Crippen LogP contribution in [0, 0.1) is 18.8 Å². The maximum absolute atomic E-state index is 16.0. The number of rotatable bonds is 20. The average Bonchev–Trinajstić information content (AvgIpc) is 3.32. The Kier molecular flexibility index (Phi) is 19.4. The zero-order chi connectivity index (χ0) is 57.5. The fraction of sp³-hybridized carbons (Fsp3) is 0.351. The Balaban J connectivity index is 0.882. The van der Waals surface area contributed by atoms with Crippen molar-refractivity contribution in [2.24, 2.45) is 11.8 Å². The van der Waals surface area contributed by atoms with Gasteiger partial charge in [0.25, 0.3) is 0 Å². The minimum Gasteiger partial charge on any atom is -0.288 e. The first-order chi connectivity index (χ1) is 40.4. The van der Waals surface area contributed by atoms with E-state index in [2.05, 4.69) is 211 Å². The van der Waals surface area contributed by atoms with E-state index < -0.39 is 0 Å². The van der Waals surface area contributed by atoms with Crippen molar-refractivity contribution in [1.29, 1.82) is 0 Å². The van der Waals surface area contributed by atoms with Gasteiger partial charge in [-0.15, -0.1) is 0 Å². The van der Waals surface area contributed by atoms with Crippen molar-refractivity contribution in [3.63, 3.8) is 0 Å². The number of fused-ring (bicyclic) bond motifs is 2. The van der Waals surface area contributed by atoms with Crippen molar-refractivity contribution < 1.29 is 9.59 Å². The van der Waals surface area contributed by atoms with Crippen LogP contribution in [0.15, 0.2) is 209 Å². The summed E-state index contributed by atoms with van der Waals surface area (Å²) in [5, 5.41) is 0. The predicted octanol–water partition coefficient (Wildman–Crippen LogP) is 23.7. The number of benzene rings is 8. The SMILES string of the molecule is CCCCCC1CCC(c2ccc(-c3ccc(Sc4ccc(Sc5ccc(C)cc5)c5c4C(=O)c4c(Sc6ccc(C(C)(C)C)cc6)ccc(Sc6ccc(-c7ccc(C8CCC(CCCCC)CC8)cc7)cc6)c4C5=O)cc3)cc2)CC1. The molecule has 83 heavy (non-hydrogen) atoms. The maximum atomic E-state index is 16.0. The van der Waals surface area contributed by atoms with Gasteiger partial charge in [-0.3, -0.25) is 9.59 Å². The van der Waals surface area contributed by atoms with E-state index in [0.29, 0.717) is 34.1 Å². The first-order valence-corrected chi connectivity index (χ1v) is 34.4. The topological polar surface area (TPSA) is 34.1 Å². The van der Waals surface area contributed by atoms with Crippen molar-refractivity contribution in [2.45, 2.75) is 201 Å². The summed E-state index contributed by atoms with van der Waals surface area (Å²) in [7, 11) is 0. The third-order valence-corrected chi connectivity index (χ3v) is 22.4. The van der Waals surface area contributed by atoms with Crippen molar-refractivity contribution in [2.75, 3.05) is 0 Å². The van der Waals surface area contributed by atoms with Crippen molar-refractivity contribution in [3.8, 4) is 22.3 Å². The molecule has 3 aliphatic rings. The van der Waals surface area contributed by atoms with E-state index in [1.807, 2.05) is 0 Å². The molecular weight excluding hydrogens is 1090 g/mol. The molecule has 2 fully saturated rings. The van der Waals surface area contributed by atoms with Gasteiger partial charge in [0.15, 0.2) is 11.6 Å². The molecule has 8 aromatic carbocycles. The fourth-order valence-electron chi connectivity index (χ4n) is 13.0. The molecule has 0 unspecified atom stereocenters. The molecule has 2 saturated carbocycles. The highest BCUT2D eigenvalue weighted by Gasteiger charge is 2.38. The fourth-order valence-corrected chi connectivity index (χ4v) is 16.9. The molecule has 0 radical (unpaired) electrons. The quantitative estimate of drug-likeness (QED) is 0.0708. The minimum atomic E-state index is -0.111. The lowest BCUT2D eigenvalue weighted by atomic mass is 9.77. The van der Waals surface area contributed by atoms with Crippen LogP contribution in [-0.4, -0.2) is 11.6 Å². The van der Waals surface area contributed by atoms with Crippen LogP contribution in [0.1, 0.15) is 203 Å². The molecule has 0 atom stereocenters. The number of aryl methyl sites for hydroxylation is 1. The Morgan fingerprint density at radius 1 is 0.361 bits per heavy atom. The minimum absolute atomic E-state index is 0.00286. The lowest BCUT2D eigenvalue weighted by Crippen LogP contribution is -2.24. The number of hydrogen-bond donors (Lipinski definition) is 0. The smallest absolute Gasteiger partial charge is 0.196 e. The van der Waals surface area contributed by atoms with Gasteiger partial charge < -0.3 is 0 Å². The van der Waals surface area contributed by atoms with Gasteiger partial charge in [-0.25, -0.2) is 0 Å². The lowest BCUT2D eigenvalue weighted by Gasteiger charge is -2.29. The Bertz CT molecular complexity index is 3480. The summed E-state index contributed by atoms with van der Waals surface area (Å²) in [5.74, 6) is 2.90. The summed E-state index contributed by atoms with van der Waals surface area (Å²) < 4.78 is 0. The number of carbonyl (C=O) groups is 2. The monoisotopic (exact) mass is 1170 g/mol. The number of carbonyl (C=O) groups excluding carboxylic acids is 2. The van der Waals surface area contributed by atoms with E-state index in [1.165, 1.54) is 147 Å². The highest BCUT2D eigenvalue weighted by Crippen LogP contribution is 2.49. The van der Waals surface area contributed by atoms with E-state index in [9.17, 15) is 0 Å². The first-order valence-electron chi connectivity index (χ1n) is 31.1. The Morgan fingerprint density at radius 3 is 0.952 bits per heavy atom. The molecule has 426 valence electrons. The molecule has 0 aromatic heterocycles. The van der Waals surface area contributed by atoms with Crippen LogP contribution in [0.3, 0.4) is 0 Å². The Hall–Kier alpha value is -5.50. The molecule has 8 aromatic rings. The zero-order valence-electron chi connectivity index (χ0n) is 49.7. The largest absolute Gasteiger partial charge is 0.288 e. The molecular formula is C77H82O2S4. The second-order valence-electron chi connectivity index (χ2n) is 25.0. The summed E-state index contributed by atoms with van der Waals surface area (Å²) in [6.45, 7) is 13.4. The van der Waals surface area contributed by atoms with Crippen LogP contribution in [0.4, 0.5) is 0 Å². The third-order valence-electron chi connectivity index (χ3n) is 18.1. The summed E-state index contributed by atoms with van der Waals surface area (Å²) in [6.07, 6.45) is 21.5. The zero-order valence-corrected chi connectivity index (χ0v) is 53.0. The van der Waals surface area contributed by atoms with Crippen molar-refractivity contribution in [3.05, 3.63) is 214 Å². The normalized spacial score (nSPS) is 18.0. The second-order valence-corrected chi connectivity index (χ2v) is 29.5. The van der Waals surface area contributed by atoms with Crippen LogP contribution in [0.25, 0.3) is 22.3 Å². The number of ketones is 2. The van der Waals surface area contributed by atoms with Gasteiger partial charge in [0, 0.05) is 61.4 Å². The van der Waals surface area contributed by atoms with E-state index >= 15 is 9.59 Å². The standard InChI is InChI=1S/C77H82O2S4/c1-7-9-11-13-52-17-21-54(22-18-52)56-25-29-58(30-26-56)60-33-41-64(42-34-60)81-68-48-47-67(80-63-39-15-51(3)16-40-63)71-72(68)76(79)74-70(83-66-45-37-62(38-46-66)77(4,5)6)50-49-69(73(74)75(71)78)82-65-43-35-61(36-44-65)59-31-27-57(28-32-59)55-23-19-53(20-24-55)14-12-10-8-2/h15-16,25-50,52-55H,7-14,17-24H2,1-6H3. The van der Waals surface area contributed by atoms with Gasteiger partial charge in [-0.05, 0) is 199 Å². The lowest BCUT2D eigenvalue weighted by molar-refractivity contribution is 0.0970. The molecule has 6 heteroatoms. The van der Waals surface area contributed by atoms with Gasteiger partial charge in [0.1, 0.15) is 0 Å². The Labute approximate surface area is 513 Å². The third kappa shape index (κ3) is 14.3. The van der Waals surface area contributed by atoms with E-state index in [4.69, 9.17) is 0 Å². The number of hydrogen-bond acceptors (Lipinski definition) is 6. The molecule has 3 aliphatic carbocycles. The average molecular weight is 1170 g/mol. The maximum Gasteiger partial charge on any atom is 0.196 e. The number of unbranched alkanes of at least 4 members (excludes halogenated alkanes) is 4. The summed E-state index contributed by atoms with van der Waals surface area (Å²) in [4.78, 5) is 39.1. The molecule has 0 aliphatic heterocycles. The second kappa shape index (κ2) is 27.3. The summed E-state index contributed by atoms with van der Waals surface area (Å²) in [5.41, 5.74) is 12.0. The molecule has 0 N–H and O–H groups in total. The molecule has 0 amide bonds. The molecule has 0 saturated heterocycles. The molecule has 0 spiro atoms. The van der Waals surface area contributed by atoms with Gasteiger partial charge in [0.05, 0.1) is 0 Å². The van der Waals surface area contributed by atoms with E-state index in [0.717, 1.165) is 51.0 Å². The highest BCUT2D eigenvalue weighted by atomic mass is 32.2. The van der Waals surface area contributed by atoms with Crippen molar-refractivity contribution >= 4 is 58.6 Å². The van der Waals surface area contributed by atoms with Crippen LogP contribution in [0.5, 0.6) is 0 Å². The van der Waals surface area contributed by atoms with Crippen LogP contribution >= 0.6 is 47.0 Å². The van der Waals surface area contributed by atoms with E-state index in [-0.39, 0.29) is 17.0 Å².